The first-order chi connectivity index (χ1) is 29.5. The molecule has 0 rings (SSSR count). The van der Waals surface area contributed by atoms with Crippen molar-refractivity contribution in [3.05, 3.63) is 0 Å². The van der Waals surface area contributed by atoms with Crippen LogP contribution >= 0.6 is 0 Å². The standard InChI is InChI=1S/C53H106N2O5/c1-5-9-13-17-21-29-39-51(40-30-22-18-14-10-6-2)53(58)60-50-38-28-26-34-43-54(46-35-36-48-56)42-33-25-27-37-49-59-52(57)41-47-55(44-31-23-19-15-11-7-3)45-32-24-20-16-12-8-4/h51,56H,5-50H2,1-4H3. The average molecular weight is 851 g/mol. The van der Waals surface area contributed by atoms with E-state index >= 15 is 0 Å². The summed E-state index contributed by atoms with van der Waals surface area (Å²) in [6.45, 7) is 16.7. The van der Waals surface area contributed by atoms with E-state index in [0.717, 1.165) is 129 Å². The molecule has 0 spiro atoms. The molecule has 0 atom stereocenters. The van der Waals surface area contributed by atoms with Gasteiger partial charge in [-0.1, -0.05) is 195 Å². The van der Waals surface area contributed by atoms with E-state index in [9.17, 15) is 14.7 Å². The van der Waals surface area contributed by atoms with Crippen LogP contribution in [0.15, 0.2) is 0 Å². The summed E-state index contributed by atoms with van der Waals surface area (Å²) in [5, 5.41) is 9.35. The molecule has 0 aliphatic carbocycles. The van der Waals surface area contributed by atoms with Gasteiger partial charge < -0.3 is 24.4 Å². The highest BCUT2D eigenvalue weighted by Gasteiger charge is 2.19. The van der Waals surface area contributed by atoms with Gasteiger partial charge in [0.25, 0.3) is 0 Å². The molecule has 0 saturated heterocycles. The molecule has 0 saturated carbocycles. The van der Waals surface area contributed by atoms with Crippen molar-refractivity contribution in [1.29, 1.82) is 0 Å². The Morgan fingerprint density at radius 3 is 1.10 bits per heavy atom. The van der Waals surface area contributed by atoms with Gasteiger partial charge in [-0.3, -0.25) is 9.59 Å². The fraction of sp³-hybridized carbons (Fsp3) is 0.962. The molecule has 0 fully saturated rings. The highest BCUT2D eigenvalue weighted by atomic mass is 16.5. The van der Waals surface area contributed by atoms with Gasteiger partial charge in [-0.2, -0.15) is 0 Å². The van der Waals surface area contributed by atoms with Gasteiger partial charge in [0.1, 0.15) is 0 Å². The molecule has 0 bridgehead atoms. The van der Waals surface area contributed by atoms with E-state index in [1.807, 2.05) is 0 Å². The van der Waals surface area contributed by atoms with E-state index in [4.69, 9.17) is 9.47 Å². The molecular formula is C53H106N2O5. The minimum absolute atomic E-state index is 0.0321. The third-order valence-electron chi connectivity index (χ3n) is 12.6. The SMILES string of the molecule is CCCCCCCCC(CCCCCCCC)C(=O)OCCCCCCN(CCCCO)CCCCCCOC(=O)CCN(CCCCCCCC)CCCCCCCC. The Balaban J connectivity index is 4.36. The molecule has 0 aliphatic heterocycles. The molecule has 7 heteroatoms. The number of carbonyl (C=O) groups is 2. The Hall–Kier alpha value is -1.18. The van der Waals surface area contributed by atoms with Crippen molar-refractivity contribution in [1.82, 2.24) is 9.80 Å². The number of rotatable bonds is 50. The maximum absolute atomic E-state index is 13.1. The number of esters is 2. The molecule has 0 radical (unpaired) electrons. The number of carbonyl (C=O) groups excluding carboxylic acids is 2. The number of aliphatic hydroxyl groups is 1. The fourth-order valence-corrected chi connectivity index (χ4v) is 8.45. The molecule has 0 unspecified atom stereocenters. The monoisotopic (exact) mass is 851 g/mol. The normalized spacial score (nSPS) is 11.7. The third-order valence-corrected chi connectivity index (χ3v) is 12.6. The van der Waals surface area contributed by atoms with E-state index in [1.54, 1.807) is 0 Å². The first-order valence-electron chi connectivity index (χ1n) is 26.9. The van der Waals surface area contributed by atoms with Crippen LogP contribution in [0.2, 0.25) is 0 Å². The molecule has 1 N–H and O–H groups in total. The maximum Gasteiger partial charge on any atom is 0.308 e. The van der Waals surface area contributed by atoms with Crippen molar-refractivity contribution in [2.24, 2.45) is 5.92 Å². The molecule has 0 aromatic heterocycles. The lowest BCUT2D eigenvalue weighted by molar-refractivity contribution is -0.149. The highest BCUT2D eigenvalue weighted by molar-refractivity contribution is 5.72. The van der Waals surface area contributed by atoms with Crippen LogP contribution in [0.4, 0.5) is 0 Å². The van der Waals surface area contributed by atoms with Gasteiger partial charge in [0.05, 0.1) is 25.6 Å². The maximum atomic E-state index is 13.1. The molecule has 7 nitrogen and oxygen atoms in total. The summed E-state index contributed by atoms with van der Waals surface area (Å²) < 4.78 is 11.5. The molecule has 358 valence electrons. The van der Waals surface area contributed by atoms with E-state index in [-0.39, 0.29) is 24.5 Å². The summed E-state index contributed by atoms with van der Waals surface area (Å²) >= 11 is 0. The molecule has 0 aliphatic rings. The number of hydrogen-bond acceptors (Lipinski definition) is 7. The van der Waals surface area contributed by atoms with E-state index < -0.39 is 0 Å². The topological polar surface area (TPSA) is 79.3 Å². The molecule has 0 amide bonds. The van der Waals surface area contributed by atoms with Gasteiger partial charge in [-0.25, -0.2) is 0 Å². The molecular weight excluding hydrogens is 745 g/mol. The minimum Gasteiger partial charge on any atom is -0.466 e. The predicted octanol–water partition coefficient (Wildman–Crippen LogP) is 14.8. The fourth-order valence-electron chi connectivity index (χ4n) is 8.45. The van der Waals surface area contributed by atoms with Crippen LogP contribution in [-0.2, 0) is 19.1 Å². The highest BCUT2D eigenvalue weighted by Crippen LogP contribution is 2.21. The van der Waals surface area contributed by atoms with Gasteiger partial charge in [0.2, 0.25) is 0 Å². The van der Waals surface area contributed by atoms with Crippen LogP contribution in [0.5, 0.6) is 0 Å². The Labute approximate surface area is 375 Å². The van der Waals surface area contributed by atoms with Crippen molar-refractivity contribution in [3.63, 3.8) is 0 Å². The predicted molar refractivity (Wildman–Crippen MR) is 259 cm³/mol. The van der Waals surface area contributed by atoms with Gasteiger partial charge in [-0.05, 0) is 96.9 Å². The van der Waals surface area contributed by atoms with Crippen molar-refractivity contribution >= 4 is 11.9 Å². The molecule has 0 heterocycles. The first-order valence-corrected chi connectivity index (χ1v) is 26.9. The second-order valence-corrected chi connectivity index (χ2v) is 18.4. The van der Waals surface area contributed by atoms with Crippen molar-refractivity contribution in [2.45, 2.75) is 265 Å². The summed E-state index contributed by atoms with van der Waals surface area (Å²) in [6, 6.07) is 0. The Morgan fingerprint density at radius 2 is 0.700 bits per heavy atom. The second kappa shape index (κ2) is 48.8. The van der Waals surface area contributed by atoms with Crippen molar-refractivity contribution < 1.29 is 24.2 Å². The lowest BCUT2D eigenvalue weighted by Crippen LogP contribution is -2.29. The number of nitrogens with zero attached hydrogens (tertiary/aromatic N) is 2. The van der Waals surface area contributed by atoms with Crippen molar-refractivity contribution in [2.75, 3.05) is 59.1 Å². The molecule has 60 heavy (non-hydrogen) atoms. The summed E-state index contributed by atoms with van der Waals surface area (Å²) in [5.74, 6) is 0.116. The van der Waals surface area contributed by atoms with Crippen LogP contribution < -0.4 is 0 Å². The number of ether oxygens (including phenoxy) is 2. The Morgan fingerprint density at radius 1 is 0.383 bits per heavy atom. The zero-order valence-electron chi connectivity index (χ0n) is 41.1. The lowest BCUT2D eigenvalue weighted by Gasteiger charge is -2.22. The second-order valence-electron chi connectivity index (χ2n) is 18.4. The number of hydrogen-bond donors (Lipinski definition) is 1. The Bertz CT molecular complexity index is 840. The largest absolute Gasteiger partial charge is 0.466 e. The zero-order valence-corrected chi connectivity index (χ0v) is 41.1. The number of aliphatic hydroxyl groups excluding tert-OH is 1. The van der Waals surface area contributed by atoms with E-state index in [1.165, 1.54) is 141 Å². The lowest BCUT2D eigenvalue weighted by atomic mass is 9.94. The summed E-state index contributed by atoms with van der Waals surface area (Å²) in [7, 11) is 0. The first kappa shape index (κ1) is 58.8. The van der Waals surface area contributed by atoms with Gasteiger partial charge in [0, 0.05) is 13.2 Å². The van der Waals surface area contributed by atoms with E-state index in [0.29, 0.717) is 19.6 Å². The zero-order chi connectivity index (χ0) is 43.8. The average Bonchev–Trinajstić information content (AvgIpc) is 3.25. The van der Waals surface area contributed by atoms with Crippen LogP contribution in [0, 0.1) is 5.92 Å². The smallest absolute Gasteiger partial charge is 0.308 e. The summed E-state index contributed by atoms with van der Waals surface area (Å²) in [5.41, 5.74) is 0. The summed E-state index contributed by atoms with van der Waals surface area (Å²) in [4.78, 5) is 30.8. The Kier molecular flexibility index (Phi) is 47.9. The van der Waals surface area contributed by atoms with Crippen LogP contribution in [0.1, 0.15) is 265 Å². The summed E-state index contributed by atoms with van der Waals surface area (Å²) in [6.07, 6.45) is 44.1. The third kappa shape index (κ3) is 42.1. The van der Waals surface area contributed by atoms with Gasteiger partial charge >= 0.3 is 11.9 Å². The number of unbranched alkanes of at least 4 members (excludes halogenated alkanes) is 27. The van der Waals surface area contributed by atoms with Crippen LogP contribution in [0.25, 0.3) is 0 Å². The quantitative estimate of drug-likeness (QED) is 0.0482. The van der Waals surface area contributed by atoms with Gasteiger partial charge in [0.15, 0.2) is 0 Å². The molecule has 0 aromatic carbocycles. The van der Waals surface area contributed by atoms with Crippen LogP contribution in [-0.4, -0.2) is 85.9 Å². The minimum atomic E-state index is -0.0321. The van der Waals surface area contributed by atoms with Gasteiger partial charge in [-0.15, -0.1) is 0 Å². The van der Waals surface area contributed by atoms with E-state index in [2.05, 4.69) is 37.5 Å². The van der Waals surface area contributed by atoms with Crippen LogP contribution in [0.3, 0.4) is 0 Å². The van der Waals surface area contributed by atoms with Crippen molar-refractivity contribution in [3.8, 4) is 0 Å². The molecule has 0 aromatic rings.